The first-order valence-electron chi connectivity index (χ1n) is 8.05. The van der Waals surface area contributed by atoms with Crippen LogP contribution >= 0.6 is 0 Å². The zero-order valence-corrected chi connectivity index (χ0v) is 13.3. The lowest BCUT2D eigenvalue weighted by Crippen LogP contribution is -2.31. The van der Waals surface area contributed by atoms with Gasteiger partial charge in [0.2, 0.25) is 0 Å². The fraction of sp³-hybridized carbons (Fsp3) is 0.333. The third-order valence-electron chi connectivity index (χ3n) is 4.13. The normalized spacial score (nSPS) is 15.3. The number of aromatic nitrogens is 1. The highest BCUT2D eigenvalue weighted by molar-refractivity contribution is 5.90. The van der Waals surface area contributed by atoms with Crippen molar-refractivity contribution in [2.75, 3.05) is 23.3 Å². The van der Waals surface area contributed by atoms with Crippen molar-refractivity contribution in [3.05, 3.63) is 54.4 Å². The van der Waals surface area contributed by atoms with E-state index in [2.05, 4.69) is 26.6 Å². The Morgan fingerprint density at radius 1 is 1.17 bits per heavy atom. The van der Waals surface area contributed by atoms with Gasteiger partial charge in [0.1, 0.15) is 0 Å². The number of hydrogen-bond acceptors (Lipinski definition) is 3. The SMILES string of the molecule is CC(NC(=O)Nc1cccc(N2CCCC2)c1)c1ccncc1. The maximum Gasteiger partial charge on any atom is 0.319 e. The van der Waals surface area contributed by atoms with Crippen molar-refractivity contribution < 1.29 is 4.79 Å². The Morgan fingerprint density at radius 3 is 2.65 bits per heavy atom. The first kappa shape index (κ1) is 15.3. The number of nitrogens with one attached hydrogen (secondary N) is 2. The van der Waals surface area contributed by atoms with Gasteiger partial charge in [0.15, 0.2) is 0 Å². The number of rotatable bonds is 4. The molecule has 120 valence electrons. The largest absolute Gasteiger partial charge is 0.371 e. The molecule has 0 saturated carbocycles. The van der Waals surface area contributed by atoms with Gasteiger partial charge in [0.05, 0.1) is 6.04 Å². The van der Waals surface area contributed by atoms with Gasteiger partial charge in [0, 0.05) is 36.9 Å². The van der Waals surface area contributed by atoms with E-state index in [1.165, 1.54) is 18.5 Å². The lowest BCUT2D eigenvalue weighted by molar-refractivity contribution is 0.249. The molecule has 2 N–H and O–H groups in total. The average Bonchev–Trinajstić information content (AvgIpc) is 3.10. The van der Waals surface area contributed by atoms with Gasteiger partial charge in [-0.3, -0.25) is 4.98 Å². The molecule has 3 rings (SSSR count). The summed E-state index contributed by atoms with van der Waals surface area (Å²) < 4.78 is 0. The van der Waals surface area contributed by atoms with Crippen LogP contribution in [0.3, 0.4) is 0 Å². The third kappa shape index (κ3) is 4.00. The Hall–Kier alpha value is -2.56. The number of benzene rings is 1. The molecule has 1 saturated heterocycles. The minimum absolute atomic E-state index is 0.0697. The maximum atomic E-state index is 12.2. The smallest absolute Gasteiger partial charge is 0.319 e. The van der Waals surface area contributed by atoms with E-state index in [1.807, 2.05) is 37.3 Å². The molecular weight excluding hydrogens is 288 g/mol. The molecule has 2 heterocycles. The van der Waals surface area contributed by atoms with E-state index in [9.17, 15) is 4.79 Å². The van der Waals surface area contributed by atoms with Crippen molar-refractivity contribution in [2.45, 2.75) is 25.8 Å². The highest BCUT2D eigenvalue weighted by atomic mass is 16.2. The Morgan fingerprint density at radius 2 is 1.91 bits per heavy atom. The number of carbonyl (C=O) groups is 1. The van der Waals surface area contributed by atoms with Crippen LogP contribution in [0.4, 0.5) is 16.2 Å². The molecule has 1 fully saturated rings. The van der Waals surface area contributed by atoms with Crippen molar-refractivity contribution in [3.63, 3.8) is 0 Å². The molecule has 1 unspecified atom stereocenters. The minimum atomic E-state index is -0.201. The fourth-order valence-corrected chi connectivity index (χ4v) is 2.85. The lowest BCUT2D eigenvalue weighted by atomic mass is 10.1. The van der Waals surface area contributed by atoms with E-state index < -0.39 is 0 Å². The van der Waals surface area contributed by atoms with Crippen molar-refractivity contribution in [1.29, 1.82) is 0 Å². The molecule has 0 spiro atoms. The van der Waals surface area contributed by atoms with Gasteiger partial charge < -0.3 is 15.5 Å². The summed E-state index contributed by atoms with van der Waals surface area (Å²) in [6.07, 6.45) is 5.93. The van der Waals surface area contributed by atoms with Gasteiger partial charge in [-0.2, -0.15) is 0 Å². The van der Waals surface area contributed by atoms with Gasteiger partial charge in [-0.1, -0.05) is 6.07 Å². The molecule has 2 amide bonds. The van der Waals surface area contributed by atoms with Crippen LogP contribution in [-0.2, 0) is 0 Å². The van der Waals surface area contributed by atoms with Crippen molar-refractivity contribution in [2.24, 2.45) is 0 Å². The number of amides is 2. The summed E-state index contributed by atoms with van der Waals surface area (Å²) >= 11 is 0. The molecule has 23 heavy (non-hydrogen) atoms. The van der Waals surface area contributed by atoms with E-state index in [4.69, 9.17) is 0 Å². The summed E-state index contributed by atoms with van der Waals surface area (Å²) in [5.74, 6) is 0. The summed E-state index contributed by atoms with van der Waals surface area (Å²) in [7, 11) is 0. The van der Waals surface area contributed by atoms with Crippen molar-refractivity contribution in [1.82, 2.24) is 10.3 Å². The number of nitrogens with zero attached hydrogens (tertiary/aromatic N) is 2. The molecule has 1 atom stereocenters. The Labute approximate surface area is 136 Å². The monoisotopic (exact) mass is 310 g/mol. The quantitative estimate of drug-likeness (QED) is 0.907. The van der Waals surface area contributed by atoms with E-state index in [1.54, 1.807) is 12.4 Å². The minimum Gasteiger partial charge on any atom is -0.371 e. The highest BCUT2D eigenvalue weighted by Crippen LogP contribution is 2.23. The van der Waals surface area contributed by atoms with Crippen molar-refractivity contribution >= 4 is 17.4 Å². The summed E-state index contributed by atoms with van der Waals surface area (Å²) in [5.41, 5.74) is 3.01. The van der Waals surface area contributed by atoms with Crippen LogP contribution in [0.2, 0.25) is 0 Å². The average molecular weight is 310 g/mol. The number of hydrogen-bond donors (Lipinski definition) is 2. The molecule has 1 aliphatic heterocycles. The Kier molecular flexibility index (Phi) is 4.76. The van der Waals surface area contributed by atoms with Crippen LogP contribution < -0.4 is 15.5 Å². The van der Waals surface area contributed by atoms with Gasteiger partial charge in [-0.05, 0) is 55.7 Å². The standard InChI is InChI=1S/C18H22N4O/c1-14(15-7-9-19-10-8-15)20-18(23)21-16-5-4-6-17(13-16)22-11-2-3-12-22/h4-10,13-14H,2-3,11-12H2,1H3,(H2,20,21,23). The number of carbonyl (C=O) groups excluding carboxylic acids is 1. The van der Waals surface area contributed by atoms with Crippen molar-refractivity contribution in [3.8, 4) is 0 Å². The second kappa shape index (κ2) is 7.13. The first-order chi connectivity index (χ1) is 11.2. The summed E-state index contributed by atoms with van der Waals surface area (Å²) in [6.45, 7) is 4.14. The Bertz CT molecular complexity index is 653. The predicted molar refractivity (Wildman–Crippen MR) is 92.7 cm³/mol. The summed E-state index contributed by atoms with van der Waals surface area (Å²) in [6, 6.07) is 11.5. The second-order valence-electron chi connectivity index (χ2n) is 5.85. The van der Waals surface area contributed by atoms with Crippen LogP contribution in [0.1, 0.15) is 31.4 Å². The van der Waals surface area contributed by atoms with Crippen LogP contribution in [-0.4, -0.2) is 24.1 Å². The molecule has 5 nitrogen and oxygen atoms in total. The fourth-order valence-electron chi connectivity index (χ4n) is 2.85. The number of anilines is 2. The topological polar surface area (TPSA) is 57.3 Å². The summed E-state index contributed by atoms with van der Waals surface area (Å²) in [4.78, 5) is 18.5. The molecule has 5 heteroatoms. The summed E-state index contributed by atoms with van der Waals surface area (Å²) in [5, 5.41) is 5.86. The van der Waals surface area contributed by atoms with Gasteiger partial charge in [0.25, 0.3) is 0 Å². The zero-order valence-electron chi connectivity index (χ0n) is 13.3. The molecular formula is C18H22N4O. The van der Waals surface area contributed by atoms with Crippen LogP contribution in [0.15, 0.2) is 48.8 Å². The first-order valence-corrected chi connectivity index (χ1v) is 8.05. The van der Waals surface area contributed by atoms with Crippen LogP contribution in [0, 0.1) is 0 Å². The lowest BCUT2D eigenvalue weighted by Gasteiger charge is -2.19. The molecule has 1 aliphatic rings. The van der Waals surface area contributed by atoms with E-state index in [-0.39, 0.29) is 12.1 Å². The molecule has 2 aromatic rings. The maximum absolute atomic E-state index is 12.2. The Balaban J connectivity index is 1.60. The number of pyridine rings is 1. The van der Waals surface area contributed by atoms with Gasteiger partial charge in [-0.15, -0.1) is 0 Å². The van der Waals surface area contributed by atoms with Crippen LogP contribution in [0.25, 0.3) is 0 Å². The van der Waals surface area contributed by atoms with Gasteiger partial charge in [-0.25, -0.2) is 4.79 Å². The molecule has 0 radical (unpaired) electrons. The second-order valence-corrected chi connectivity index (χ2v) is 5.85. The predicted octanol–water partition coefficient (Wildman–Crippen LogP) is 3.56. The molecule has 0 aliphatic carbocycles. The third-order valence-corrected chi connectivity index (χ3v) is 4.13. The van der Waals surface area contributed by atoms with E-state index >= 15 is 0 Å². The van der Waals surface area contributed by atoms with E-state index in [0.717, 1.165) is 24.3 Å². The van der Waals surface area contributed by atoms with Gasteiger partial charge >= 0.3 is 6.03 Å². The zero-order chi connectivity index (χ0) is 16.1. The van der Waals surface area contributed by atoms with E-state index in [0.29, 0.717) is 0 Å². The molecule has 1 aromatic heterocycles. The molecule has 1 aromatic carbocycles. The highest BCUT2D eigenvalue weighted by Gasteiger charge is 2.13. The number of urea groups is 1. The van der Waals surface area contributed by atoms with Crippen LogP contribution in [0.5, 0.6) is 0 Å². The molecule has 0 bridgehead atoms.